The second-order valence-corrected chi connectivity index (χ2v) is 7.26. The van der Waals surface area contributed by atoms with Crippen LogP contribution in [0.3, 0.4) is 0 Å². The van der Waals surface area contributed by atoms with E-state index in [9.17, 15) is 14.0 Å². The van der Waals surface area contributed by atoms with Crippen molar-refractivity contribution in [1.29, 1.82) is 0 Å². The van der Waals surface area contributed by atoms with Gasteiger partial charge < -0.3 is 14.5 Å². The highest BCUT2D eigenvalue weighted by atomic mass is 35.5. The fourth-order valence-corrected chi connectivity index (χ4v) is 3.75. The minimum absolute atomic E-state index is 0.0470. The maximum Gasteiger partial charge on any atom is 0.254 e. The Labute approximate surface area is 172 Å². The van der Waals surface area contributed by atoms with Crippen LogP contribution >= 0.6 is 23.2 Å². The summed E-state index contributed by atoms with van der Waals surface area (Å²) < 4.78 is 18.1. The molecule has 0 saturated carbocycles. The number of ether oxygens (including phenoxy) is 1. The van der Waals surface area contributed by atoms with Crippen LogP contribution < -0.4 is 4.74 Å². The Morgan fingerprint density at radius 3 is 2.07 bits per heavy atom. The molecule has 5 nitrogen and oxygen atoms in total. The van der Waals surface area contributed by atoms with E-state index in [1.54, 1.807) is 21.9 Å². The summed E-state index contributed by atoms with van der Waals surface area (Å²) >= 11 is 12.2. The highest BCUT2D eigenvalue weighted by molar-refractivity contribution is 6.37. The topological polar surface area (TPSA) is 49.9 Å². The van der Waals surface area contributed by atoms with E-state index in [0.717, 1.165) is 5.56 Å². The van der Waals surface area contributed by atoms with E-state index in [0.29, 0.717) is 37.5 Å². The Kier molecular flexibility index (Phi) is 6.42. The summed E-state index contributed by atoms with van der Waals surface area (Å²) in [6, 6.07) is 8.93. The molecule has 2 aromatic rings. The average Bonchev–Trinajstić information content (AvgIpc) is 2.69. The van der Waals surface area contributed by atoms with Gasteiger partial charge in [-0.1, -0.05) is 35.3 Å². The molecular formula is C20H19Cl2FN2O3. The van der Waals surface area contributed by atoms with Gasteiger partial charge in [0.05, 0.1) is 23.6 Å². The van der Waals surface area contributed by atoms with Gasteiger partial charge in [0.2, 0.25) is 5.91 Å². The van der Waals surface area contributed by atoms with Crippen molar-refractivity contribution >= 4 is 35.0 Å². The first-order valence-electron chi connectivity index (χ1n) is 8.73. The molecule has 28 heavy (non-hydrogen) atoms. The molecule has 8 heteroatoms. The molecule has 0 atom stereocenters. The van der Waals surface area contributed by atoms with E-state index in [4.69, 9.17) is 27.9 Å². The third-order valence-corrected chi connectivity index (χ3v) is 5.20. The van der Waals surface area contributed by atoms with Crippen molar-refractivity contribution < 1.29 is 18.7 Å². The van der Waals surface area contributed by atoms with Crippen LogP contribution in [-0.4, -0.2) is 54.9 Å². The molecule has 1 aliphatic heterocycles. The van der Waals surface area contributed by atoms with Crippen LogP contribution in [0.15, 0.2) is 36.4 Å². The number of hydrogen-bond donors (Lipinski definition) is 0. The molecule has 1 heterocycles. The number of hydrogen-bond acceptors (Lipinski definition) is 3. The second-order valence-electron chi connectivity index (χ2n) is 6.45. The van der Waals surface area contributed by atoms with Gasteiger partial charge in [0.1, 0.15) is 5.82 Å². The molecule has 0 bridgehead atoms. The van der Waals surface area contributed by atoms with E-state index < -0.39 is 0 Å². The van der Waals surface area contributed by atoms with Gasteiger partial charge in [0.25, 0.3) is 5.91 Å². The standard InChI is InChI=1S/C20H19Cl2FN2O3/c1-28-19-16(21)11-14(12-17(19)22)20(27)25-8-6-24(7-9-25)18(26)10-13-2-4-15(23)5-3-13/h2-5,11-12H,6-10H2,1H3. The lowest BCUT2D eigenvalue weighted by Gasteiger charge is -2.35. The van der Waals surface area contributed by atoms with Gasteiger partial charge in [-0.15, -0.1) is 0 Å². The number of carbonyl (C=O) groups is 2. The van der Waals surface area contributed by atoms with E-state index in [-0.39, 0.29) is 34.1 Å². The van der Waals surface area contributed by atoms with Crippen molar-refractivity contribution in [1.82, 2.24) is 9.80 Å². The van der Waals surface area contributed by atoms with Gasteiger partial charge in [0, 0.05) is 31.7 Å². The zero-order valence-electron chi connectivity index (χ0n) is 15.3. The van der Waals surface area contributed by atoms with Gasteiger partial charge in [-0.05, 0) is 29.8 Å². The summed E-state index contributed by atoms with van der Waals surface area (Å²) in [6.45, 7) is 1.69. The van der Waals surface area contributed by atoms with Crippen LogP contribution in [0.5, 0.6) is 5.75 Å². The zero-order valence-corrected chi connectivity index (χ0v) is 16.8. The van der Waals surface area contributed by atoms with Gasteiger partial charge in [-0.25, -0.2) is 4.39 Å². The number of rotatable bonds is 4. The van der Waals surface area contributed by atoms with Crippen LogP contribution in [0.4, 0.5) is 4.39 Å². The first-order valence-corrected chi connectivity index (χ1v) is 9.49. The molecule has 0 unspecified atom stereocenters. The second kappa shape index (κ2) is 8.80. The number of piperazine rings is 1. The quantitative estimate of drug-likeness (QED) is 0.752. The highest BCUT2D eigenvalue weighted by Crippen LogP contribution is 2.34. The van der Waals surface area contributed by atoms with E-state index in [1.165, 1.54) is 31.4 Å². The number of benzene rings is 2. The fraction of sp³-hybridized carbons (Fsp3) is 0.300. The Balaban J connectivity index is 1.59. The Morgan fingerprint density at radius 1 is 1.00 bits per heavy atom. The minimum Gasteiger partial charge on any atom is -0.494 e. The summed E-state index contributed by atoms with van der Waals surface area (Å²) in [4.78, 5) is 28.5. The summed E-state index contributed by atoms with van der Waals surface area (Å²) in [5, 5.41) is 0.540. The van der Waals surface area contributed by atoms with Crippen molar-refractivity contribution in [3.05, 3.63) is 63.4 Å². The van der Waals surface area contributed by atoms with Crippen LogP contribution in [0.2, 0.25) is 10.0 Å². The Morgan fingerprint density at radius 2 is 1.54 bits per heavy atom. The largest absolute Gasteiger partial charge is 0.494 e. The zero-order chi connectivity index (χ0) is 20.3. The summed E-state index contributed by atoms with van der Waals surface area (Å²) in [6.07, 6.45) is 0.206. The van der Waals surface area contributed by atoms with Crippen molar-refractivity contribution in [2.45, 2.75) is 6.42 Å². The van der Waals surface area contributed by atoms with Crippen molar-refractivity contribution in [3.63, 3.8) is 0 Å². The Hall–Kier alpha value is -2.31. The molecule has 1 fully saturated rings. The van der Waals surface area contributed by atoms with Gasteiger partial charge in [0.15, 0.2) is 5.75 Å². The first kappa shape index (κ1) is 20.4. The van der Waals surface area contributed by atoms with Gasteiger partial charge in [-0.3, -0.25) is 9.59 Å². The lowest BCUT2D eigenvalue weighted by Crippen LogP contribution is -2.51. The van der Waals surface area contributed by atoms with Gasteiger partial charge in [-0.2, -0.15) is 0 Å². The monoisotopic (exact) mass is 424 g/mol. The molecule has 0 aliphatic carbocycles. The molecular weight excluding hydrogens is 406 g/mol. The molecule has 0 spiro atoms. The molecule has 0 aromatic heterocycles. The molecule has 1 saturated heterocycles. The summed E-state index contributed by atoms with van der Waals surface area (Å²) in [5.74, 6) is -0.246. The maximum absolute atomic E-state index is 13.0. The van der Waals surface area contributed by atoms with E-state index in [2.05, 4.69) is 0 Å². The van der Waals surface area contributed by atoms with Crippen molar-refractivity contribution in [2.24, 2.45) is 0 Å². The lowest BCUT2D eigenvalue weighted by molar-refractivity contribution is -0.131. The van der Waals surface area contributed by atoms with E-state index >= 15 is 0 Å². The lowest BCUT2D eigenvalue weighted by atomic mass is 10.1. The number of halogens is 3. The van der Waals surface area contributed by atoms with Crippen LogP contribution in [0.25, 0.3) is 0 Å². The van der Waals surface area contributed by atoms with E-state index in [1.807, 2.05) is 0 Å². The number of amides is 2. The maximum atomic E-state index is 13.0. The molecule has 2 aromatic carbocycles. The third kappa shape index (κ3) is 4.56. The molecule has 1 aliphatic rings. The summed E-state index contributed by atoms with van der Waals surface area (Å²) in [5.41, 5.74) is 1.13. The molecule has 0 N–H and O–H groups in total. The molecule has 148 valence electrons. The highest BCUT2D eigenvalue weighted by Gasteiger charge is 2.26. The molecule has 2 amide bonds. The number of carbonyl (C=O) groups excluding carboxylic acids is 2. The minimum atomic E-state index is -0.331. The predicted molar refractivity (Wildman–Crippen MR) is 106 cm³/mol. The predicted octanol–water partition coefficient (Wildman–Crippen LogP) is 3.67. The fourth-order valence-electron chi connectivity index (χ4n) is 3.11. The van der Waals surface area contributed by atoms with Crippen LogP contribution in [0.1, 0.15) is 15.9 Å². The Bertz CT molecular complexity index is 859. The van der Waals surface area contributed by atoms with Gasteiger partial charge >= 0.3 is 0 Å². The van der Waals surface area contributed by atoms with Crippen LogP contribution in [-0.2, 0) is 11.2 Å². The average molecular weight is 425 g/mol. The van der Waals surface area contributed by atoms with Crippen molar-refractivity contribution in [3.8, 4) is 5.75 Å². The van der Waals surface area contributed by atoms with Crippen LogP contribution in [0, 0.1) is 5.82 Å². The SMILES string of the molecule is COc1c(Cl)cc(C(=O)N2CCN(C(=O)Cc3ccc(F)cc3)CC2)cc1Cl. The smallest absolute Gasteiger partial charge is 0.254 e. The number of methoxy groups -OCH3 is 1. The number of nitrogens with zero attached hydrogens (tertiary/aromatic N) is 2. The summed E-state index contributed by atoms with van der Waals surface area (Å²) in [7, 11) is 1.46. The third-order valence-electron chi connectivity index (χ3n) is 4.64. The molecule has 0 radical (unpaired) electrons. The first-order chi connectivity index (χ1) is 13.4. The molecule has 3 rings (SSSR count). The van der Waals surface area contributed by atoms with Crippen molar-refractivity contribution in [2.75, 3.05) is 33.3 Å². The normalized spacial score (nSPS) is 14.1.